The van der Waals surface area contributed by atoms with Crippen LogP contribution in [-0.4, -0.2) is 45.5 Å². The molecule has 0 amide bonds. The third-order valence-corrected chi connectivity index (χ3v) is 4.99. The molecule has 0 unspecified atom stereocenters. The lowest BCUT2D eigenvalue weighted by atomic mass is 9.87. The van der Waals surface area contributed by atoms with Gasteiger partial charge in [-0.15, -0.1) is 0 Å². The van der Waals surface area contributed by atoms with Gasteiger partial charge in [0.2, 0.25) is 0 Å². The standard InChI is InChI=1S/C20H30N4/c1-20(2,3)18-7-5-17(6-8-18)14-23-9-11-24(12-10-23)15-19-13-21-16-22(19)4/h5-8,13,16H,9-12,14-15H2,1-4H3. The molecule has 1 aromatic heterocycles. The zero-order valence-electron chi connectivity index (χ0n) is 15.5. The maximum atomic E-state index is 4.21. The molecule has 24 heavy (non-hydrogen) atoms. The second-order valence-electron chi connectivity index (χ2n) is 8.00. The fraction of sp³-hybridized carbons (Fsp3) is 0.550. The highest BCUT2D eigenvalue weighted by Crippen LogP contribution is 2.22. The average molecular weight is 326 g/mol. The minimum absolute atomic E-state index is 0.232. The van der Waals surface area contributed by atoms with Gasteiger partial charge in [0.05, 0.1) is 12.0 Å². The molecule has 0 spiro atoms. The lowest BCUT2D eigenvalue weighted by Gasteiger charge is -2.34. The molecule has 2 aromatic rings. The van der Waals surface area contributed by atoms with E-state index in [0.29, 0.717) is 0 Å². The molecule has 4 heteroatoms. The van der Waals surface area contributed by atoms with Crippen LogP contribution in [0.5, 0.6) is 0 Å². The van der Waals surface area contributed by atoms with Crippen molar-refractivity contribution in [2.75, 3.05) is 26.2 Å². The van der Waals surface area contributed by atoms with Crippen LogP contribution in [0, 0.1) is 0 Å². The second-order valence-corrected chi connectivity index (χ2v) is 8.00. The van der Waals surface area contributed by atoms with Gasteiger partial charge in [0.25, 0.3) is 0 Å². The molecular formula is C20H30N4. The summed E-state index contributed by atoms with van der Waals surface area (Å²) >= 11 is 0. The number of aromatic nitrogens is 2. The molecule has 130 valence electrons. The van der Waals surface area contributed by atoms with Crippen LogP contribution < -0.4 is 0 Å². The fourth-order valence-corrected chi connectivity index (χ4v) is 3.24. The highest BCUT2D eigenvalue weighted by molar-refractivity contribution is 5.27. The number of hydrogen-bond donors (Lipinski definition) is 0. The number of benzene rings is 1. The lowest BCUT2D eigenvalue weighted by molar-refractivity contribution is 0.120. The topological polar surface area (TPSA) is 24.3 Å². The zero-order chi connectivity index (χ0) is 17.2. The van der Waals surface area contributed by atoms with Crippen molar-refractivity contribution in [1.82, 2.24) is 19.4 Å². The van der Waals surface area contributed by atoms with E-state index in [1.807, 2.05) is 12.5 Å². The highest BCUT2D eigenvalue weighted by atomic mass is 15.3. The van der Waals surface area contributed by atoms with Crippen molar-refractivity contribution < 1.29 is 0 Å². The van der Waals surface area contributed by atoms with Crippen LogP contribution in [-0.2, 0) is 25.6 Å². The molecular weight excluding hydrogens is 296 g/mol. The lowest BCUT2D eigenvalue weighted by Crippen LogP contribution is -2.45. The van der Waals surface area contributed by atoms with Crippen LogP contribution in [0.1, 0.15) is 37.6 Å². The van der Waals surface area contributed by atoms with Crippen LogP contribution in [0.15, 0.2) is 36.8 Å². The van der Waals surface area contributed by atoms with E-state index in [0.717, 1.165) is 39.3 Å². The number of rotatable bonds is 4. The van der Waals surface area contributed by atoms with Crippen LogP contribution in [0.4, 0.5) is 0 Å². The number of hydrogen-bond acceptors (Lipinski definition) is 3. The Labute approximate surface area is 146 Å². The number of nitrogens with zero attached hydrogens (tertiary/aromatic N) is 4. The third kappa shape index (κ3) is 4.25. The fourth-order valence-electron chi connectivity index (χ4n) is 3.24. The molecule has 4 nitrogen and oxygen atoms in total. The van der Waals surface area contributed by atoms with Gasteiger partial charge in [-0.05, 0) is 16.5 Å². The Morgan fingerprint density at radius 1 is 0.917 bits per heavy atom. The first-order valence-electron chi connectivity index (χ1n) is 8.91. The molecule has 0 saturated carbocycles. The average Bonchev–Trinajstić information content (AvgIpc) is 2.94. The van der Waals surface area contributed by atoms with E-state index in [4.69, 9.17) is 0 Å². The molecule has 0 atom stereocenters. The Balaban J connectivity index is 1.49. The maximum absolute atomic E-state index is 4.21. The number of aryl methyl sites for hydroxylation is 1. The van der Waals surface area contributed by atoms with Gasteiger partial charge in [0.15, 0.2) is 0 Å². The Morgan fingerprint density at radius 2 is 1.50 bits per heavy atom. The highest BCUT2D eigenvalue weighted by Gasteiger charge is 2.18. The molecule has 1 saturated heterocycles. The summed E-state index contributed by atoms with van der Waals surface area (Å²) in [5.74, 6) is 0. The van der Waals surface area contributed by atoms with Crippen LogP contribution in [0.3, 0.4) is 0 Å². The molecule has 0 bridgehead atoms. The largest absolute Gasteiger partial charge is 0.337 e. The van der Waals surface area contributed by atoms with E-state index in [9.17, 15) is 0 Å². The summed E-state index contributed by atoms with van der Waals surface area (Å²) in [6, 6.07) is 9.16. The second kappa shape index (κ2) is 7.08. The summed E-state index contributed by atoms with van der Waals surface area (Å²) in [7, 11) is 2.07. The first-order chi connectivity index (χ1) is 11.4. The molecule has 0 radical (unpaired) electrons. The predicted molar refractivity (Wildman–Crippen MR) is 98.9 cm³/mol. The van der Waals surface area contributed by atoms with Crippen LogP contribution >= 0.6 is 0 Å². The van der Waals surface area contributed by atoms with E-state index in [1.54, 1.807) is 0 Å². The molecule has 1 aliphatic rings. The molecule has 3 rings (SSSR count). The number of imidazole rings is 1. The van der Waals surface area contributed by atoms with E-state index >= 15 is 0 Å². The Morgan fingerprint density at radius 3 is 2.00 bits per heavy atom. The van der Waals surface area contributed by atoms with Gasteiger partial charge in [-0.25, -0.2) is 4.98 Å². The first kappa shape index (κ1) is 17.2. The van der Waals surface area contributed by atoms with Gasteiger partial charge < -0.3 is 4.57 Å². The SMILES string of the molecule is Cn1cncc1CN1CCN(Cc2ccc(C(C)(C)C)cc2)CC1. The van der Waals surface area contributed by atoms with Gasteiger partial charge in [-0.1, -0.05) is 45.0 Å². The zero-order valence-corrected chi connectivity index (χ0v) is 15.5. The molecule has 2 heterocycles. The summed E-state index contributed by atoms with van der Waals surface area (Å²) < 4.78 is 2.11. The third-order valence-electron chi connectivity index (χ3n) is 4.99. The van der Waals surface area contributed by atoms with E-state index < -0.39 is 0 Å². The predicted octanol–water partition coefficient (Wildman–Crippen LogP) is 3.04. The molecule has 0 aliphatic carbocycles. The normalized spacial score (nSPS) is 17.3. The number of piperazine rings is 1. The molecule has 1 aliphatic heterocycles. The van der Waals surface area contributed by atoms with Crippen molar-refractivity contribution in [2.24, 2.45) is 7.05 Å². The van der Waals surface area contributed by atoms with Crippen molar-refractivity contribution in [2.45, 2.75) is 39.3 Å². The van der Waals surface area contributed by atoms with E-state index in [-0.39, 0.29) is 5.41 Å². The smallest absolute Gasteiger partial charge is 0.0945 e. The van der Waals surface area contributed by atoms with Gasteiger partial charge in [0.1, 0.15) is 0 Å². The molecule has 0 N–H and O–H groups in total. The van der Waals surface area contributed by atoms with Crippen molar-refractivity contribution >= 4 is 0 Å². The summed E-state index contributed by atoms with van der Waals surface area (Å²) in [4.78, 5) is 9.29. The van der Waals surface area contributed by atoms with Crippen molar-refractivity contribution in [3.8, 4) is 0 Å². The van der Waals surface area contributed by atoms with E-state index in [2.05, 4.69) is 71.4 Å². The van der Waals surface area contributed by atoms with Gasteiger partial charge in [-0.2, -0.15) is 0 Å². The Hall–Kier alpha value is -1.65. The van der Waals surface area contributed by atoms with Gasteiger partial charge >= 0.3 is 0 Å². The Bertz CT molecular complexity index is 643. The summed E-state index contributed by atoms with van der Waals surface area (Å²) in [5.41, 5.74) is 4.35. The van der Waals surface area contributed by atoms with Gasteiger partial charge in [-0.3, -0.25) is 9.80 Å². The van der Waals surface area contributed by atoms with Crippen molar-refractivity contribution in [3.63, 3.8) is 0 Å². The van der Waals surface area contributed by atoms with Gasteiger partial charge in [0, 0.05) is 52.5 Å². The van der Waals surface area contributed by atoms with E-state index in [1.165, 1.54) is 16.8 Å². The monoisotopic (exact) mass is 326 g/mol. The minimum atomic E-state index is 0.232. The summed E-state index contributed by atoms with van der Waals surface area (Å²) in [5, 5.41) is 0. The summed E-state index contributed by atoms with van der Waals surface area (Å²) in [6.07, 6.45) is 3.86. The molecule has 1 fully saturated rings. The van der Waals surface area contributed by atoms with Crippen molar-refractivity contribution in [3.05, 3.63) is 53.6 Å². The quantitative estimate of drug-likeness (QED) is 0.863. The summed E-state index contributed by atoms with van der Waals surface area (Å²) in [6.45, 7) is 13.4. The van der Waals surface area contributed by atoms with Crippen molar-refractivity contribution in [1.29, 1.82) is 0 Å². The first-order valence-corrected chi connectivity index (χ1v) is 8.91. The molecule has 1 aromatic carbocycles. The Kier molecular flexibility index (Phi) is 5.07. The maximum Gasteiger partial charge on any atom is 0.0945 e. The van der Waals surface area contributed by atoms with Crippen LogP contribution in [0.2, 0.25) is 0 Å². The van der Waals surface area contributed by atoms with Crippen LogP contribution in [0.25, 0.3) is 0 Å². The minimum Gasteiger partial charge on any atom is -0.337 e.